The quantitative estimate of drug-likeness (QED) is 0.269. The van der Waals surface area contributed by atoms with Crippen molar-refractivity contribution in [1.82, 2.24) is 9.80 Å². The Bertz CT molecular complexity index is 1240. The first-order chi connectivity index (χ1) is 17.8. The maximum atomic E-state index is 14.5. The molecule has 4 aliphatic heterocycles. The normalized spacial score (nSPS) is 31.0. The SMILES string of the molecule is CO[C@@]12[C@H](COC(N)=O)C3=C(C(O[13CH3])=C([Se]c4ccccc4)C4(OCCO4)C3=O)N1C[C@H]1[C@@H]2N1C(C)=O. The first kappa shape index (κ1) is 24.4. The Kier molecular flexibility index (Phi) is 5.66. The van der Waals surface area contributed by atoms with Gasteiger partial charge in [-0.25, -0.2) is 0 Å². The van der Waals surface area contributed by atoms with Crippen LogP contribution in [0.1, 0.15) is 6.92 Å². The van der Waals surface area contributed by atoms with Crippen LogP contribution in [0.2, 0.25) is 0 Å². The van der Waals surface area contributed by atoms with Gasteiger partial charge in [-0.05, 0) is 0 Å². The van der Waals surface area contributed by atoms with E-state index in [-0.39, 0.29) is 58.6 Å². The monoisotopic (exact) mass is 578 g/mol. The van der Waals surface area contributed by atoms with Crippen molar-refractivity contribution < 1.29 is 38.1 Å². The molecule has 2 amide bonds. The first-order valence-corrected chi connectivity index (χ1v) is 13.7. The second-order valence-electron chi connectivity index (χ2n) is 9.37. The fourth-order valence-electron chi connectivity index (χ4n) is 6.41. The van der Waals surface area contributed by atoms with Gasteiger partial charge in [0.15, 0.2) is 0 Å². The molecule has 12 heteroatoms. The number of amides is 2. The van der Waals surface area contributed by atoms with Gasteiger partial charge in [-0.3, -0.25) is 0 Å². The summed E-state index contributed by atoms with van der Waals surface area (Å²) in [4.78, 5) is 42.2. The molecule has 0 bridgehead atoms. The molecule has 11 nitrogen and oxygen atoms in total. The summed E-state index contributed by atoms with van der Waals surface area (Å²) in [6.07, 6.45) is -0.970. The van der Waals surface area contributed by atoms with Gasteiger partial charge in [-0.15, -0.1) is 0 Å². The Balaban J connectivity index is 1.55. The number of benzene rings is 1. The standard InChI is InChI=1S/C25H27N3O8Se/c1-13(29)28-16-11-27-18-17(15(12-34-23(26)31)24(27,33-3)20(16)28)21(30)25(35-9-10-36-25)22(19(18)32-2)37-14-7-5-4-6-8-14/h4-8,15-16,20H,9-12H2,1-3H3,(H2,26,31)/t15-,16+,20+,24-,28?/m1/s1/i2+1. The summed E-state index contributed by atoms with van der Waals surface area (Å²) in [5.41, 5.74) is 5.09. The van der Waals surface area contributed by atoms with E-state index in [0.717, 1.165) is 4.46 Å². The number of methoxy groups -OCH3 is 2. The molecule has 196 valence electrons. The van der Waals surface area contributed by atoms with Crippen LogP contribution in [0, 0.1) is 5.92 Å². The molecule has 0 radical (unpaired) electrons. The van der Waals surface area contributed by atoms with Gasteiger partial charge in [0.1, 0.15) is 0 Å². The number of hydrogen-bond acceptors (Lipinski definition) is 9. The second-order valence-corrected chi connectivity index (χ2v) is 11.6. The molecule has 1 aliphatic carbocycles. The van der Waals surface area contributed by atoms with E-state index in [4.69, 9.17) is 29.4 Å². The van der Waals surface area contributed by atoms with Gasteiger partial charge < -0.3 is 0 Å². The third-order valence-electron chi connectivity index (χ3n) is 7.73. The minimum absolute atomic E-state index is 0.0913. The average molecular weight is 577 g/mol. The predicted molar refractivity (Wildman–Crippen MR) is 128 cm³/mol. The number of fused-ring (bicyclic) bond motifs is 4. The fraction of sp³-hybridized carbons (Fsp3) is 0.480. The van der Waals surface area contributed by atoms with E-state index < -0.39 is 23.5 Å². The van der Waals surface area contributed by atoms with Gasteiger partial charge in [0.25, 0.3) is 0 Å². The third-order valence-corrected chi connectivity index (χ3v) is 10.2. The number of piperazine rings is 1. The number of ether oxygens (including phenoxy) is 5. The summed E-state index contributed by atoms with van der Waals surface area (Å²) < 4.78 is 31.3. The number of Topliss-reactive ketones (excluding diaryl/α,β-unsaturated/α-hetero) is 1. The Labute approximate surface area is 219 Å². The third kappa shape index (κ3) is 3.20. The van der Waals surface area contributed by atoms with E-state index in [1.807, 2.05) is 35.2 Å². The van der Waals surface area contributed by atoms with Crippen LogP contribution in [-0.2, 0) is 33.3 Å². The van der Waals surface area contributed by atoms with Crippen molar-refractivity contribution in [3.63, 3.8) is 0 Å². The molecule has 0 saturated carbocycles. The summed E-state index contributed by atoms with van der Waals surface area (Å²) in [6.45, 7) is 2.20. The van der Waals surface area contributed by atoms with Gasteiger partial charge in [-0.1, -0.05) is 0 Å². The van der Waals surface area contributed by atoms with Crippen molar-refractivity contribution in [2.45, 2.75) is 30.5 Å². The van der Waals surface area contributed by atoms with Crippen LogP contribution >= 0.6 is 0 Å². The van der Waals surface area contributed by atoms with Crippen molar-refractivity contribution in [2.75, 3.05) is 40.6 Å². The minimum atomic E-state index is -1.65. The molecule has 4 heterocycles. The van der Waals surface area contributed by atoms with Crippen LogP contribution in [0.4, 0.5) is 4.79 Å². The molecule has 6 rings (SSSR count). The van der Waals surface area contributed by atoms with E-state index in [2.05, 4.69) is 0 Å². The van der Waals surface area contributed by atoms with E-state index in [0.29, 0.717) is 28.0 Å². The predicted octanol–water partition coefficient (Wildman–Crippen LogP) is -0.563. The van der Waals surface area contributed by atoms with Crippen molar-refractivity contribution in [3.8, 4) is 0 Å². The van der Waals surface area contributed by atoms with Crippen molar-refractivity contribution in [3.05, 3.63) is 51.8 Å². The van der Waals surface area contributed by atoms with E-state index in [1.165, 1.54) is 14.0 Å². The second kappa shape index (κ2) is 8.57. The average Bonchev–Trinajstić information content (AvgIpc) is 3.17. The number of nitrogens with two attached hydrogens (primary N) is 1. The number of carbonyl (C=O) groups excluding carboxylic acids is 3. The number of carbonyl (C=O) groups is 3. The molecule has 4 atom stereocenters. The topological polar surface area (TPSA) is 130 Å². The fourth-order valence-corrected chi connectivity index (χ4v) is 8.82. The molecule has 1 spiro atoms. The molecule has 3 fully saturated rings. The van der Waals surface area contributed by atoms with Crippen molar-refractivity contribution >= 4 is 37.2 Å². The summed E-state index contributed by atoms with van der Waals surface area (Å²) in [5.74, 6) is -2.38. The van der Waals surface area contributed by atoms with E-state index >= 15 is 0 Å². The molecule has 2 N–H and O–H groups in total. The van der Waals surface area contributed by atoms with Crippen LogP contribution in [0.3, 0.4) is 0 Å². The van der Waals surface area contributed by atoms with E-state index in [1.54, 1.807) is 12.0 Å². The molecule has 37 heavy (non-hydrogen) atoms. The zero-order chi connectivity index (χ0) is 26.1. The number of rotatable bonds is 6. The Morgan fingerprint density at radius 2 is 1.89 bits per heavy atom. The molecule has 1 aromatic carbocycles. The number of hydrogen-bond donors (Lipinski definition) is 1. The Morgan fingerprint density at radius 1 is 1.19 bits per heavy atom. The van der Waals surface area contributed by atoms with Crippen molar-refractivity contribution in [2.24, 2.45) is 11.7 Å². The van der Waals surface area contributed by atoms with Crippen LogP contribution in [0.5, 0.6) is 0 Å². The number of nitrogens with zero attached hydrogens (tertiary/aromatic N) is 2. The molecular weight excluding hydrogens is 550 g/mol. The molecule has 3 saturated heterocycles. The van der Waals surface area contributed by atoms with Gasteiger partial charge in [0.2, 0.25) is 0 Å². The van der Waals surface area contributed by atoms with Crippen LogP contribution in [-0.4, -0.2) is 107 Å². The van der Waals surface area contributed by atoms with Gasteiger partial charge in [0, 0.05) is 0 Å². The van der Waals surface area contributed by atoms with Gasteiger partial charge in [-0.2, -0.15) is 0 Å². The van der Waals surface area contributed by atoms with Crippen LogP contribution in [0.15, 0.2) is 51.8 Å². The summed E-state index contributed by atoms with van der Waals surface area (Å²) in [5, 5.41) is 0. The van der Waals surface area contributed by atoms with Crippen LogP contribution in [0.25, 0.3) is 0 Å². The zero-order valence-corrected chi connectivity index (χ0v) is 22.3. The summed E-state index contributed by atoms with van der Waals surface area (Å²) in [7, 11) is 3.09. The summed E-state index contributed by atoms with van der Waals surface area (Å²) >= 11 is -0.378. The van der Waals surface area contributed by atoms with Crippen LogP contribution < -0.4 is 10.2 Å². The number of ketones is 1. The molecular formula is C25H27N3O8Se. The number of primary amides is 1. The summed E-state index contributed by atoms with van der Waals surface area (Å²) in [6, 6.07) is 9.35. The maximum absolute atomic E-state index is 14.5. The van der Waals surface area contributed by atoms with Gasteiger partial charge in [0.05, 0.1) is 0 Å². The Morgan fingerprint density at radius 3 is 2.49 bits per heavy atom. The molecule has 5 aliphatic rings. The molecule has 1 aromatic rings. The first-order valence-electron chi connectivity index (χ1n) is 11.9. The van der Waals surface area contributed by atoms with Gasteiger partial charge >= 0.3 is 220 Å². The zero-order valence-electron chi connectivity index (χ0n) is 20.6. The molecule has 0 unspecified atom stereocenters. The van der Waals surface area contributed by atoms with E-state index in [9.17, 15) is 14.4 Å². The van der Waals surface area contributed by atoms with Crippen molar-refractivity contribution in [1.29, 1.82) is 0 Å². The molecule has 0 aromatic heterocycles. The Hall–Kier alpha value is -2.89.